The van der Waals surface area contributed by atoms with Crippen LogP contribution in [0.15, 0.2) is 0 Å². The summed E-state index contributed by atoms with van der Waals surface area (Å²) in [5.41, 5.74) is 0. The van der Waals surface area contributed by atoms with Crippen molar-refractivity contribution in [2.45, 2.75) is 92.0 Å². The Balaban J connectivity index is 2.18. The molecule has 354 valence electrons. The van der Waals surface area contributed by atoms with E-state index in [9.17, 15) is 93.4 Å². The SMILES string of the molecule is CO[C@H]1O[C@H](CS(=O)(=O)O)[C@@H](O[C@H]2O[C@H](C(=O)O)[C@@H](O[C@H]3O[C@H](COS(=O)(=O)O)[C@@H](OC)[C@H](OS(=O)(=O)O)[C@H]3NS(=O)(=O)O)C(O)[C@H]2OS(=O)(=O)O)[C@H](O)[C@H]1NS(=O)(=O)O. The molecule has 60 heavy (non-hydrogen) atoms. The normalized spacial score (nSPS) is 36.5. The van der Waals surface area contributed by atoms with Crippen molar-refractivity contribution in [2.75, 3.05) is 26.6 Å². The zero-order valence-corrected chi connectivity index (χ0v) is 34.3. The molecule has 0 amide bonds. The molecular weight excluding hydrogens is 973 g/mol. The Morgan fingerprint density at radius 1 is 0.567 bits per heavy atom. The highest BCUT2D eigenvalue weighted by Gasteiger charge is 2.59. The number of aliphatic carboxylic acids is 1. The summed E-state index contributed by atoms with van der Waals surface area (Å²) in [5.74, 6) is -3.89. The second kappa shape index (κ2) is 19.6. The van der Waals surface area contributed by atoms with Crippen molar-refractivity contribution in [3.63, 3.8) is 0 Å². The molecule has 40 heteroatoms. The first-order valence-electron chi connectivity index (χ1n) is 15.3. The van der Waals surface area contributed by atoms with Gasteiger partial charge in [0.15, 0.2) is 31.1 Å². The lowest BCUT2D eigenvalue weighted by Crippen LogP contribution is -2.70. The average molecular weight is 1010 g/mol. The van der Waals surface area contributed by atoms with Crippen LogP contribution >= 0.6 is 0 Å². The molecule has 3 rings (SSSR count). The van der Waals surface area contributed by atoms with Crippen molar-refractivity contribution in [1.82, 2.24) is 9.44 Å². The Hall–Kier alpha value is -1.63. The van der Waals surface area contributed by atoms with Crippen LogP contribution in [-0.2, 0) is 112 Å². The number of aliphatic hydroxyl groups is 2. The van der Waals surface area contributed by atoms with Gasteiger partial charge in [-0.25, -0.2) is 17.3 Å². The van der Waals surface area contributed by atoms with E-state index in [0.29, 0.717) is 7.11 Å². The molecule has 0 aromatic rings. The molecule has 0 aromatic heterocycles. The maximum absolute atomic E-state index is 12.6. The van der Waals surface area contributed by atoms with Crippen LogP contribution < -0.4 is 9.44 Å². The van der Waals surface area contributed by atoms with Gasteiger partial charge in [0.2, 0.25) is 0 Å². The van der Waals surface area contributed by atoms with Crippen molar-refractivity contribution in [3.8, 4) is 0 Å². The van der Waals surface area contributed by atoms with Gasteiger partial charge < -0.3 is 48.5 Å². The van der Waals surface area contributed by atoms with Crippen LogP contribution in [0.2, 0.25) is 0 Å². The van der Waals surface area contributed by atoms with Crippen LogP contribution in [0, 0.1) is 0 Å². The topological polar surface area (TPSA) is 520 Å². The van der Waals surface area contributed by atoms with Crippen LogP contribution in [-0.4, -0.2) is 218 Å². The van der Waals surface area contributed by atoms with E-state index in [2.05, 4.69) is 12.5 Å². The Morgan fingerprint density at radius 3 is 1.52 bits per heavy atom. The van der Waals surface area contributed by atoms with Crippen molar-refractivity contribution >= 4 is 67.9 Å². The molecule has 1 unspecified atom stereocenters. The lowest BCUT2D eigenvalue weighted by atomic mass is 9.95. The predicted octanol–water partition coefficient (Wildman–Crippen LogP) is -8.00. The number of carboxylic acid groups (broad SMARTS) is 1. The van der Waals surface area contributed by atoms with Gasteiger partial charge in [-0.15, -0.1) is 0 Å². The molecule has 34 nitrogen and oxygen atoms in total. The average Bonchev–Trinajstić information content (AvgIpc) is 3.03. The molecule has 15 atom stereocenters. The molecule has 3 heterocycles. The molecule has 11 N–H and O–H groups in total. The summed E-state index contributed by atoms with van der Waals surface area (Å²) in [4.78, 5) is 12.6. The van der Waals surface area contributed by atoms with Crippen LogP contribution in [0.3, 0.4) is 0 Å². The van der Waals surface area contributed by atoms with Gasteiger partial charge in [0, 0.05) is 14.2 Å². The second-order valence-corrected chi connectivity index (χ2v) is 19.2. The largest absolute Gasteiger partial charge is 0.479 e. The number of hydrogen-bond donors (Lipinski definition) is 11. The van der Waals surface area contributed by atoms with E-state index in [1.807, 2.05) is 0 Å². The van der Waals surface area contributed by atoms with Gasteiger partial charge in [0.1, 0.15) is 66.7 Å². The smallest absolute Gasteiger partial charge is 0.397 e. The molecule has 0 bridgehead atoms. The van der Waals surface area contributed by atoms with Gasteiger partial charge in [-0.05, 0) is 0 Å². The fourth-order valence-electron chi connectivity index (χ4n) is 5.91. The molecule has 0 aliphatic carbocycles. The fourth-order valence-corrected chi connectivity index (χ4v) is 9.08. The van der Waals surface area contributed by atoms with Gasteiger partial charge in [-0.2, -0.15) is 60.0 Å². The number of methoxy groups -OCH3 is 2. The third-order valence-corrected chi connectivity index (χ3v) is 11.2. The molecule has 0 aromatic carbocycles. The summed E-state index contributed by atoms with van der Waals surface area (Å²) in [6.45, 7) is -1.45. The van der Waals surface area contributed by atoms with Crippen molar-refractivity contribution in [3.05, 3.63) is 0 Å². The fraction of sp³-hybridized carbons (Fsp3) is 0.950. The molecule has 3 saturated heterocycles. The van der Waals surface area contributed by atoms with E-state index in [1.54, 1.807) is 0 Å². The highest BCUT2D eigenvalue weighted by atomic mass is 32.3. The van der Waals surface area contributed by atoms with Gasteiger partial charge in [0.05, 0.1) is 6.61 Å². The van der Waals surface area contributed by atoms with Crippen LogP contribution in [0.25, 0.3) is 0 Å². The summed E-state index contributed by atoms with van der Waals surface area (Å²) < 4.78 is 250. The van der Waals surface area contributed by atoms with Crippen LogP contribution in [0.4, 0.5) is 0 Å². The summed E-state index contributed by atoms with van der Waals surface area (Å²) in [7, 11) is -31.7. The first-order chi connectivity index (χ1) is 27.0. The van der Waals surface area contributed by atoms with Crippen molar-refractivity contribution in [1.29, 1.82) is 0 Å². The van der Waals surface area contributed by atoms with E-state index in [4.69, 9.17) is 37.7 Å². The summed E-state index contributed by atoms with van der Waals surface area (Å²) in [6, 6.07) is -4.86. The molecule has 0 radical (unpaired) electrons. The molecule has 3 aliphatic rings. The molecule has 3 fully saturated rings. The molecule has 0 spiro atoms. The number of carbonyl (C=O) groups is 1. The summed E-state index contributed by atoms with van der Waals surface area (Å²) in [6.07, 6.45) is -33.6. The van der Waals surface area contributed by atoms with E-state index in [0.717, 1.165) is 7.11 Å². The Kier molecular flexibility index (Phi) is 17.2. The van der Waals surface area contributed by atoms with Gasteiger partial charge >= 0.3 is 57.8 Å². The second-order valence-electron chi connectivity index (χ2n) is 12.1. The standard InChI is InChI=1S/C20H36N2O32S6/c1-45-12-5(3-47-58(36,37)38)48-19(8(22-57(33,34)35)13(12)53-59(39,40)41)51-14-10(24)15(54-60(42,43)44)20(52-16(14)17(25)26)50-11-6(4-55(27,28)29)49-18(46-2)7(9(11)23)21-56(30,31)32/h5-16,18-24H,3-4H2,1-2H3,(H,25,26)(H,27,28,29)(H,30,31,32)(H,33,34,35)(H,36,37,38)(H,39,40,41)(H,42,43,44)/t5-,6-,7-,8-,9-,10?,11-,12-,13-,14+,15-,16+,18+,19-,20+/m1/s1. The van der Waals surface area contributed by atoms with Gasteiger partial charge in [-0.3, -0.25) is 27.3 Å². The Bertz CT molecular complexity index is 2190. The molecule has 3 aliphatic heterocycles. The van der Waals surface area contributed by atoms with Gasteiger partial charge in [0.25, 0.3) is 10.1 Å². The predicted molar refractivity (Wildman–Crippen MR) is 177 cm³/mol. The third kappa shape index (κ3) is 15.6. The third-order valence-electron chi connectivity index (χ3n) is 7.96. The van der Waals surface area contributed by atoms with E-state index in [-0.39, 0.29) is 0 Å². The summed E-state index contributed by atoms with van der Waals surface area (Å²) >= 11 is 0. The maximum Gasteiger partial charge on any atom is 0.397 e. The van der Waals surface area contributed by atoms with Crippen LogP contribution in [0.5, 0.6) is 0 Å². The minimum atomic E-state index is -5.91. The number of carboxylic acids is 1. The Labute approximate surface area is 338 Å². The highest BCUT2D eigenvalue weighted by molar-refractivity contribution is 7.85. The van der Waals surface area contributed by atoms with Crippen LogP contribution in [0.1, 0.15) is 0 Å². The highest BCUT2D eigenvalue weighted by Crippen LogP contribution is 2.36. The number of ether oxygens (including phenoxy) is 7. The Morgan fingerprint density at radius 2 is 1.07 bits per heavy atom. The maximum atomic E-state index is 12.6. The lowest BCUT2D eigenvalue weighted by Gasteiger charge is -2.49. The summed E-state index contributed by atoms with van der Waals surface area (Å²) in [5, 5.41) is 32.6. The minimum absolute atomic E-state index is 0.711. The number of hydrogen-bond acceptors (Lipinski definition) is 25. The quantitative estimate of drug-likeness (QED) is 0.0505. The molecule has 0 saturated carbocycles. The van der Waals surface area contributed by atoms with Crippen molar-refractivity contribution in [2.24, 2.45) is 0 Å². The lowest BCUT2D eigenvalue weighted by molar-refractivity contribution is -0.356. The van der Waals surface area contributed by atoms with E-state index < -0.39 is 172 Å². The van der Waals surface area contributed by atoms with Crippen molar-refractivity contribution < 1.29 is 144 Å². The monoisotopic (exact) mass is 1010 g/mol. The van der Waals surface area contributed by atoms with Gasteiger partial charge in [-0.1, -0.05) is 0 Å². The number of aliphatic hydroxyl groups excluding tert-OH is 2. The molecular formula is C20H36N2O32S6. The number of nitrogens with one attached hydrogen (secondary N) is 2. The first kappa shape index (κ1) is 52.7. The first-order valence-corrected chi connectivity index (χ1v) is 23.9. The zero-order valence-electron chi connectivity index (χ0n) is 29.4. The zero-order chi connectivity index (χ0) is 46.1. The van der Waals surface area contributed by atoms with E-state index >= 15 is 0 Å². The number of rotatable bonds is 20. The minimum Gasteiger partial charge on any atom is -0.479 e. The van der Waals surface area contributed by atoms with E-state index in [1.165, 1.54) is 9.44 Å².